The Morgan fingerprint density at radius 3 is 2.19 bits per heavy atom. The van der Waals surface area contributed by atoms with Crippen molar-refractivity contribution in [2.45, 2.75) is 116 Å². The van der Waals surface area contributed by atoms with Crippen molar-refractivity contribution in [2.24, 2.45) is 0 Å². The Balaban J connectivity index is 1.29. The maximum absolute atomic E-state index is 12.9. The lowest BCUT2D eigenvalue weighted by Gasteiger charge is -2.29. The number of anilines is 1. The molecule has 2 aliphatic heterocycles. The van der Waals surface area contributed by atoms with Gasteiger partial charge in [0.15, 0.2) is 0 Å². The number of nitrogens with zero attached hydrogens (tertiary/aromatic N) is 1. The predicted octanol–water partition coefficient (Wildman–Crippen LogP) is 6.09. The molecule has 2 aliphatic rings. The molecule has 8 heteroatoms. The number of hydrogen-bond acceptors (Lipinski definition) is 5. The second-order valence-corrected chi connectivity index (χ2v) is 10.2. The molecule has 1 aromatic rings. The van der Waals surface area contributed by atoms with Crippen LogP contribution >= 0.6 is 0 Å². The van der Waals surface area contributed by atoms with Crippen LogP contribution in [0.5, 0.6) is 0 Å². The maximum Gasteiger partial charge on any atom is 0.411 e. The van der Waals surface area contributed by atoms with Gasteiger partial charge in [-0.1, -0.05) is 90.0 Å². The lowest BCUT2D eigenvalue weighted by atomic mass is 10.0. The van der Waals surface area contributed by atoms with E-state index in [4.69, 9.17) is 4.74 Å². The second-order valence-electron chi connectivity index (χ2n) is 10.2. The van der Waals surface area contributed by atoms with E-state index in [-0.39, 0.29) is 24.8 Å². The first-order valence-corrected chi connectivity index (χ1v) is 14.2. The van der Waals surface area contributed by atoms with Crippen LogP contribution in [0.3, 0.4) is 0 Å². The van der Waals surface area contributed by atoms with Gasteiger partial charge in [0, 0.05) is 29.8 Å². The van der Waals surface area contributed by atoms with E-state index in [1.807, 2.05) is 0 Å². The Labute approximate surface area is 220 Å². The van der Waals surface area contributed by atoms with Crippen LogP contribution in [0.25, 0.3) is 0 Å². The van der Waals surface area contributed by atoms with Gasteiger partial charge in [0.2, 0.25) is 11.8 Å². The standard InChI is InChI=1S/C29H43N3O5/c1-2-3-4-5-6-7-8-9-10-11-12-13-14-20-37-29(36)30-24-17-15-16-22-23(24)21-32(28(22)35)25-18-19-26(33)31-27(25)34/h15-17,25H,2-14,18-21H2,1H3,(H,30,36)(H,31,33,34). The predicted molar refractivity (Wildman–Crippen MR) is 143 cm³/mol. The summed E-state index contributed by atoms with van der Waals surface area (Å²) in [4.78, 5) is 50.4. The molecule has 4 amide bonds. The Morgan fingerprint density at radius 2 is 1.57 bits per heavy atom. The molecule has 37 heavy (non-hydrogen) atoms. The molecule has 2 heterocycles. The molecule has 0 spiro atoms. The molecule has 2 N–H and O–H groups in total. The van der Waals surface area contributed by atoms with Gasteiger partial charge in [-0.05, 0) is 25.0 Å². The summed E-state index contributed by atoms with van der Waals surface area (Å²) >= 11 is 0. The monoisotopic (exact) mass is 513 g/mol. The minimum absolute atomic E-state index is 0.202. The zero-order valence-electron chi connectivity index (χ0n) is 22.3. The second kappa shape index (κ2) is 15.4. The summed E-state index contributed by atoms with van der Waals surface area (Å²) in [6, 6.07) is 4.43. The number of imide groups is 1. The number of nitrogens with one attached hydrogen (secondary N) is 2. The van der Waals surface area contributed by atoms with Crippen LogP contribution in [0, 0.1) is 0 Å². The van der Waals surface area contributed by atoms with Crippen LogP contribution in [-0.2, 0) is 20.9 Å². The number of unbranched alkanes of at least 4 members (excludes halogenated alkanes) is 12. The van der Waals surface area contributed by atoms with Crippen molar-refractivity contribution in [3.05, 3.63) is 29.3 Å². The summed E-state index contributed by atoms with van der Waals surface area (Å²) in [5.74, 6) is -1.04. The highest BCUT2D eigenvalue weighted by Crippen LogP contribution is 2.32. The number of carbonyl (C=O) groups excluding carboxylic acids is 4. The summed E-state index contributed by atoms with van der Waals surface area (Å²) < 4.78 is 5.35. The number of amides is 4. The van der Waals surface area contributed by atoms with Gasteiger partial charge in [-0.2, -0.15) is 0 Å². The summed E-state index contributed by atoms with van der Waals surface area (Å²) in [6.45, 7) is 2.82. The lowest BCUT2D eigenvalue weighted by molar-refractivity contribution is -0.136. The van der Waals surface area contributed by atoms with Crippen molar-refractivity contribution >= 4 is 29.5 Å². The molecule has 0 aromatic heterocycles. The van der Waals surface area contributed by atoms with Gasteiger partial charge in [-0.25, -0.2) is 4.79 Å². The number of rotatable bonds is 16. The minimum atomic E-state index is -0.687. The van der Waals surface area contributed by atoms with Crippen molar-refractivity contribution in [3.8, 4) is 0 Å². The minimum Gasteiger partial charge on any atom is -0.449 e. The van der Waals surface area contributed by atoms with Gasteiger partial charge >= 0.3 is 6.09 Å². The smallest absolute Gasteiger partial charge is 0.411 e. The molecule has 3 rings (SSSR count). The van der Waals surface area contributed by atoms with Gasteiger partial charge in [0.05, 0.1) is 6.61 Å². The number of piperidine rings is 1. The van der Waals surface area contributed by atoms with Gasteiger partial charge in [-0.3, -0.25) is 25.0 Å². The summed E-state index contributed by atoms with van der Waals surface area (Å²) in [5, 5.41) is 5.06. The van der Waals surface area contributed by atoms with Crippen LogP contribution in [-0.4, -0.2) is 41.4 Å². The third-order valence-corrected chi connectivity index (χ3v) is 7.30. The van der Waals surface area contributed by atoms with E-state index < -0.39 is 18.0 Å². The van der Waals surface area contributed by atoms with Crippen molar-refractivity contribution in [2.75, 3.05) is 11.9 Å². The van der Waals surface area contributed by atoms with E-state index in [1.165, 1.54) is 69.1 Å². The molecule has 1 fully saturated rings. The van der Waals surface area contributed by atoms with Crippen LogP contribution in [0.15, 0.2) is 18.2 Å². The van der Waals surface area contributed by atoms with Crippen LogP contribution in [0.4, 0.5) is 10.5 Å². The SMILES string of the molecule is CCCCCCCCCCCCCCCOC(=O)Nc1cccc2c1CN(C1CCC(=O)NC1=O)C2=O. The Hall–Kier alpha value is -2.90. The van der Waals surface area contributed by atoms with Gasteiger partial charge in [0.1, 0.15) is 6.04 Å². The van der Waals surface area contributed by atoms with E-state index in [2.05, 4.69) is 17.6 Å². The Bertz CT molecular complexity index is 932. The fourth-order valence-electron chi connectivity index (χ4n) is 5.13. The van der Waals surface area contributed by atoms with E-state index in [9.17, 15) is 19.2 Å². The number of ether oxygens (including phenoxy) is 1. The largest absolute Gasteiger partial charge is 0.449 e. The summed E-state index contributed by atoms with van der Waals surface area (Å²) in [5.41, 5.74) is 1.63. The van der Waals surface area contributed by atoms with Crippen LogP contribution < -0.4 is 10.6 Å². The van der Waals surface area contributed by atoms with Gasteiger partial charge < -0.3 is 9.64 Å². The normalized spacial score (nSPS) is 17.1. The van der Waals surface area contributed by atoms with E-state index in [1.54, 1.807) is 18.2 Å². The third kappa shape index (κ3) is 8.86. The average molecular weight is 514 g/mol. The van der Waals surface area contributed by atoms with E-state index >= 15 is 0 Å². The van der Waals surface area contributed by atoms with Gasteiger partial charge in [-0.15, -0.1) is 0 Å². The van der Waals surface area contributed by atoms with Crippen LogP contribution in [0.2, 0.25) is 0 Å². The molecule has 0 aliphatic carbocycles. The summed E-state index contributed by atoms with van der Waals surface area (Å²) in [7, 11) is 0. The molecule has 0 radical (unpaired) electrons. The fraction of sp³-hybridized carbons (Fsp3) is 0.655. The van der Waals surface area contributed by atoms with E-state index in [0.29, 0.717) is 29.8 Å². The quantitative estimate of drug-likeness (QED) is 0.206. The first-order chi connectivity index (χ1) is 18.0. The first-order valence-electron chi connectivity index (χ1n) is 14.2. The molecule has 0 saturated carbocycles. The van der Waals surface area contributed by atoms with Crippen molar-refractivity contribution in [1.82, 2.24) is 10.2 Å². The lowest BCUT2D eigenvalue weighted by Crippen LogP contribution is -2.52. The number of carbonyl (C=O) groups is 4. The molecule has 1 atom stereocenters. The first kappa shape index (κ1) is 28.7. The van der Waals surface area contributed by atoms with E-state index in [0.717, 1.165) is 19.3 Å². The van der Waals surface area contributed by atoms with Gasteiger partial charge in [0.25, 0.3) is 5.91 Å². The number of benzene rings is 1. The zero-order chi connectivity index (χ0) is 26.5. The Morgan fingerprint density at radius 1 is 0.946 bits per heavy atom. The summed E-state index contributed by atoms with van der Waals surface area (Å²) in [6.07, 6.45) is 16.3. The Kier molecular flexibility index (Phi) is 11.9. The third-order valence-electron chi connectivity index (χ3n) is 7.30. The molecular weight excluding hydrogens is 470 g/mol. The number of hydrogen-bond donors (Lipinski definition) is 2. The fourth-order valence-corrected chi connectivity index (χ4v) is 5.13. The number of fused-ring (bicyclic) bond motifs is 1. The molecule has 8 nitrogen and oxygen atoms in total. The molecule has 204 valence electrons. The highest BCUT2D eigenvalue weighted by molar-refractivity contribution is 6.06. The highest BCUT2D eigenvalue weighted by Gasteiger charge is 2.40. The van der Waals surface area contributed by atoms with Crippen LogP contribution in [0.1, 0.15) is 119 Å². The molecule has 1 unspecified atom stereocenters. The highest BCUT2D eigenvalue weighted by atomic mass is 16.5. The zero-order valence-corrected chi connectivity index (χ0v) is 22.3. The molecule has 1 saturated heterocycles. The molecular formula is C29H43N3O5. The average Bonchev–Trinajstić information content (AvgIpc) is 3.21. The molecule has 0 bridgehead atoms. The molecule has 1 aromatic carbocycles. The van der Waals surface area contributed by atoms with Crippen molar-refractivity contribution in [1.29, 1.82) is 0 Å². The maximum atomic E-state index is 12.9. The van der Waals surface area contributed by atoms with Crippen molar-refractivity contribution in [3.63, 3.8) is 0 Å². The van der Waals surface area contributed by atoms with Crippen molar-refractivity contribution < 1.29 is 23.9 Å². The topological polar surface area (TPSA) is 105 Å².